The lowest BCUT2D eigenvalue weighted by atomic mass is 10.0. The molecule has 3 rings (SSSR count). The van der Waals surface area contributed by atoms with Crippen molar-refractivity contribution in [2.75, 3.05) is 6.54 Å². The van der Waals surface area contributed by atoms with Crippen LogP contribution < -0.4 is 10.1 Å². The number of ether oxygens (including phenoxy) is 1. The van der Waals surface area contributed by atoms with E-state index in [9.17, 15) is 8.78 Å². The number of imidazole rings is 1. The molecule has 0 spiro atoms. The summed E-state index contributed by atoms with van der Waals surface area (Å²) in [5, 5.41) is 3.35. The molecule has 7 heteroatoms. The van der Waals surface area contributed by atoms with Crippen LogP contribution in [0, 0.1) is 6.92 Å². The normalized spacial score (nSPS) is 21.4. The van der Waals surface area contributed by atoms with Crippen molar-refractivity contribution < 1.29 is 13.5 Å². The Labute approximate surface area is 121 Å². The Balaban J connectivity index is 2.06. The second-order valence-electron chi connectivity index (χ2n) is 5.02. The summed E-state index contributed by atoms with van der Waals surface area (Å²) in [7, 11) is 0. The van der Waals surface area contributed by atoms with E-state index in [0.29, 0.717) is 12.1 Å². The van der Waals surface area contributed by atoms with Gasteiger partial charge in [-0.1, -0.05) is 0 Å². The number of hydrogen-bond donors (Lipinski definition) is 1. The van der Waals surface area contributed by atoms with Crippen molar-refractivity contribution in [3.05, 3.63) is 41.6 Å². The lowest BCUT2D eigenvalue weighted by Gasteiger charge is -2.32. The van der Waals surface area contributed by atoms with Crippen molar-refractivity contribution in [1.29, 1.82) is 0 Å². The Morgan fingerprint density at radius 2 is 2.24 bits per heavy atom. The molecule has 112 valence electrons. The van der Waals surface area contributed by atoms with Crippen LogP contribution in [-0.4, -0.2) is 27.7 Å². The highest BCUT2D eigenvalue weighted by molar-refractivity contribution is 5.33. The van der Waals surface area contributed by atoms with Crippen LogP contribution in [0.5, 0.6) is 5.88 Å². The van der Waals surface area contributed by atoms with Crippen LogP contribution in [0.4, 0.5) is 8.78 Å². The largest absolute Gasteiger partial charge is 0.417 e. The Morgan fingerprint density at radius 1 is 1.43 bits per heavy atom. The Bertz CT molecular complexity index is 644. The zero-order valence-electron chi connectivity index (χ0n) is 11.8. The molecule has 0 bridgehead atoms. The number of nitrogens with zero attached hydrogens (tertiary/aromatic N) is 3. The first-order chi connectivity index (χ1) is 10.1. The van der Waals surface area contributed by atoms with E-state index < -0.39 is 6.61 Å². The highest BCUT2D eigenvalue weighted by Crippen LogP contribution is 2.33. The van der Waals surface area contributed by atoms with Crippen molar-refractivity contribution in [2.24, 2.45) is 0 Å². The summed E-state index contributed by atoms with van der Waals surface area (Å²) in [5.41, 5.74) is 1.65. The number of nitrogens with one attached hydrogen (secondary N) is 1. The second kappa shape index (κ2) is 5.40. The molecule has 0 saturated carbocycles. The van der Waals surface area contributed by atoms with Crippen molar-refractivity contribution in [1.82, 2.24) is 19.9 Å². The standard InChI is InChI=1S/C14H16F2N4O/c1-8-11-6-19-9(2)20(11)12(7-18-8)10-4-3-5-17-13(10)21-14(15)16/h3-6,8,12,14,18H,7H2,1-2H3. The predicted molar refractivity (Wildman–Crippen MR) is 72.4 cm³/mol. The molecule has 0 aliphatic carbocycles. The number of alkyl halides is 2. The van der Waals surface area contributed by atoms with E-state index in [1.165, 1.54) is 6.20 Å². The van der Waals surface area contributed by atoms with Crippen LogP contribution in [0.2, 0.25) is 0 Å². The van der Waals surface area contributed by atoms with Gasteiger partial charge in [-0.25, -0.2) is 9.97 Å². The van der Waals surface area contributed by atoms with Crippen LogP contribution in [0.3, 0.4) is 0 Å². The minimum Gasteiger partial charge on any atom is -0.417 e. The van der Waals surface area contributed by atoms with E-state index in [2.05, 4.69) is 24.6 Å². The fraction of sp³-hybridized carbons (Fsp3) is 0.429. The van der Waals surface area contributed by atoms with Crippen LogP contribution in [-0.2, 0) is 0 Å². The fourth-order valence-corrected chi connectivity index (χ4v) is 2.77. The number of halogens is 2. The van der Waals surface area contributed by atoms with Gasteiger partial charge in [0.15, 0.2) is 0 Å². The van der Waals surface area contributed by atoms with Gasteiger partial charge in [-0.05, 0) is 26.0 Å². The summed E-state index contributed by atoms with van der Waals surface area (Å²) in [4.78, 5) is 8.26. The highest BCUT2D eigenvalue weighted by Gasteiger charge is 2.29. The summed E-state index contributed by atoms with van der Waals surface area (Å²) in [5.74, 6) is 0.808. The van der Waals surface area contributed by atoms with E-state index >= 15 is 0 Å². The van der Waals surface area contributed by atoms with Crippen LogP contribution >= 0.6 is 0 Å². The number of fused-ring (bicyclic) bond motifs is 1. The number of aryl methyl sites for hydroxylation is 1. The maximum Gasteiger partial charge on any atom is 0.388 e. The van der Waals surface area contributed by atoms with Crippen molar-refractivity contribution in [2.45, 2.75) is 32.5 Å². The molecule has 1 aliphatic heterocycles. The number of pyridine rings is 1. The average Bonchev–Trinajstić information content (AvgIpc) is 2.83. The van der Waals surface area contributed by atoms with E-state index in [1.807, 2.05) is 20.0 Å². The topological polar surface area (TPSA) is 52.0 Å². The maximum atomic E-state index is 12.5. The minimum atomic E-state index is -2.89. The summed E-state index contributed by atoms with van der Waals surface area (Å²) < 4.78 is 31.7. The number of aromatic nitrogens is 3. The van der Waals surface area contributed by atoms with Crippen molar-refractivity contribution >= 4 is 0 Å². The van der Waals surface area contributed by atoms with Gasteiger partial charge in [0.05, 0.1) is 17.9 Å². The van der Waals surface area contributed by atoms with Gasteiger partial charge < -0.3 is 14.6 Å². The zero-order chi connectivity index (χ0) is 15.0. The molecule has 0 aromatic carbocycles. The van der Waals surface area contributed by atoms with Gasteiger partial charge >= 0.3 is 6.61 Å². The minimum absolute atomic E-state index is 0.0343. The lowest BCUT2D eigenvalue weighted by molar-refractivity contribution is -0.0538. The van der Waals surface area contributed by atoms with E-state index in [1.54, 1.807) is 12.1 Å². The quantitative estimate of drug-likeness (QED) is 0.944. The highest BCUT2D eigenvalue weighted by atomic mass is 19.3. The van der Waals surface area contributed by atoms with Gasteiger partial charge in [0.1, 0.15) is 5.82 Å². The molecular weight excluding hydrogens is 278 g/mol. The smallest absolute Gasteiger partial charge is 0.388 e. The fourth-order valence-electron chi connectivity index (χ4n) is 2.77. The molecule has 1 N–H and O–H groups in total. The third-order valence-electron chi connectivity index (χ3n) is 3.74. The molecule has 5 nitrogen and oxygen atoms in total. The Morgan fingerprint density at radius 3 is 3.00 bits per heavy atom. The average molecular weight is 294 g/mol. The van der Waals surface area contributed by atoms with Gasteiger partial charge in [0, 0.05) is 24.3 Å². The Kier molecular flexibility index (Phi) is 3.59. The monoisotopic (exact) mass is 294 g/mol. The lowest BCUT2D eigenvalue weighted by Crippen LogP contribution is -2.37. The van der Waals surface area contributed by atoms with Gasteiger partial charge in [-0.3, -0.25) is 0 Å². The molecule has 2 aromatic rings. The molecule has 3 heterocycles. The summed E-state index contributed by atoms with van der Waals surface area (Å²) in [6, 6.07) is 3.48. The zero-order valence-corrected chi connectivity index (χ0v) is 11.8. The molecule has 2 atom stereocenters. The number of rotatable bonds is 3. The van der Waals surface area contributed by atoms with Gasteiger partial charge in [-0.2, -0.15) is 8.78 Å². The molecule has 2 aromatic heterocycles. The molecule has 0 fully saturated rings. The molecular formula is C14H16F2N4O. The van der Waals surface area contributed by atoms with E-state index in [0.717, 1.165) is 11.5 Å². The predicted octanol–water partition coefficient (Wildman–Crippen LogP) is 2.44. The Hall–Kier alpha value is -2.02. The van der Waals surface area contributed by atoms with Crippen LogP contribution in [0.15, 0.2) is 24.5 Å². The SMILES string of the molecule is Cc1ncc2n1C(c1cccnc1OC(F)F)CNC2C. The molecule has 21 heavy (non-hydrogen) atoms. The molecule has 0 saturated heterocycles. The second-order valence-corrected chi connectivity index (χ2v) is 5.02. The van der Waals surface area contributed by atoms with E-state index in [-0.39, 0.29) is 18.0 Å². The van der Waals surface area contributed by atoms with Gasteiger partial charge in [-0.15, -0.1) is 0 Å². The molecule has 2 unspecified atom stereocenters. The maximum absolute atomic E-state index is 12.5. The molecule has 0 radical (unpaired) electrons. The first kappa shape index (κ1) is 13.9. The van der Waals surface area contributed by atoms with Crippen molar-refractivity contribution in [3.8, 4) is 5.88 Å². The first-order valence-electron chi connectivity index (χ1n) is 6.74. The summed E-state index contributed by atoms with van der Waals surface area (Å²) in [6.07, 6.45) is 3.25. The van der Waals surface area contributed by atoms with Gasteiger partial charge in [0.2, 0.25) is 5.88 Å². The summed E-state index contributed by atoms with van der Waals surface area (Å²) >= 11 is 0. The van der Waals surface area contributed by atoms with Gasteiger partial charge in [0.25, 0.3) is 0 Å². The van der Waals surface area contributed by atoms with E-state index in [4.69, 9.17) is 0 Å². The summed E-state index contributed by atoms with van der Waals surface area (Å²) in [6.45, 7) is 1.66. The number of hydrogen-bond acceptors (Lipinski definition) is 4. The first-order valence-corrected chi connectivity index (χ1v) is 6.74. The molecule has 0 amide bonds. The van der Waals surface area contributed by atoms with Crippen molar-refractivity contribution in [3.63, 3.8) is 0 Å². The third-order valence-corrected chi connectivity index (χ3v) is 3.74. The van der Waals surface area contributed by atoms with Crippen LogP contribution in [0.1, 0.15) is 36.1 Å². The van der Waals surface area contributed by atoms with Crippen LogP contribution in [0.25, 0.3) is 0 Å². The third kappa shape index (κ3) is 2.49. The molecule has 1 aliphatic rings.